The topological polar surface area (TPSA) is 77.6 Å². The van der Waals surface area contributed by atoms with Crippen molar-refractivity contribution in [2.45, 2.75) is 70.9 Å². The van der Waals surface area contributed by atoms with E-state index in [1.807, 2.05) is 13.0 Å². The first-order chi connectivity index (χ1) is 12.8. The van der Waals surface area contributed by atoms with E-state index in [9.17, 15) is 9.59 Å². The third-order valence-electron chi connectivity index (χ3n) is 6.24. The second-order valence-electron chi connectivity index (χ2n) is 8.20. The van der Waals surface area contributed by atoms with Gasteiger partial charge in [-0.15, -0.1) is 0 Å². The Morgan fingerprint density at radius 3 is 2.59 bits per heavy atom. The predicted octanol–water partition coefficient (Wildman–Crippen LogP) is 3.72. The summed E-state index contributed by atoms with van der Waals surface area (Å²) in [6, 6.07) is 3.63. The summed E-state index contributed by atoms with van der Waals surface area (Å²) in [4.78, 5) is 27.6. The van der Waals surface area contributed by atoms with E-state index in [4.69, 9.17) is 14.2 Å². The van der Waals surface area contributed by atoms with Crippen LogP contribution in [0.2, 0.25) is 0 Å². The van der Waals surface area contributed by atoms with Crippen molar-refractivity contribution in [2.75, 3.05) is 7.11 Å². The normalized spacial score (nSPS) is 35.0. The monoisotopic (exact) mass is 377 g/mol. The van der Waals surface area contributed by atoms with E-state index in [0.29, 0.717) is 5.69 Å². The van der Waals surface area contributed by atoms with Crippen molar-refractivity contribution in [2.24, 2.45) is 17.8 Å². The number of aromatic nitrogens is 1. The van der Waals surface area contributed by atoms with Crippen LogP contribution in [-0.4, -0.2) is 41.8 Å². The number of hydrogen-bond acceptors (Lipinski definition) is 5. The van der Waals surface area contributed by atoms with Gasteiger partial charge in [-0.05, 0) is 36.8 Å². The van der Waals surface area contributed by atoms with Crippen LogP contribution in [0, 0.1) is 17.8 Å². The van der Waals surface area contributed by atoms with Crippen LogP contribution in [0.1, 0.15) is 63.4 Å². The van der Waals surface area contributed by atoms with Crippen LogP contribution in [0.25, 0.3) is 0 Å². The Labute approximate surface area is 160 Å². The van der Waals surface area contributed by atoms with Gasteiger partial charge in [0.15, 0.2) is 11.6 Å². The lowest BCUT2D eigenvalue weighted by Gasteiger charge is -2.50. The largest absolute Gasteiger partial charge is 0.469 e. The van der Waals surface area contributed by atoms with Gasteiger partial charge >= 0.3 is 5.97 Å². The summed E-state index contributed by atoms with van der Waals surface area (Å²) in [5, 5.41) is 0. The summed E-state index contributed by atoms with van der Waals surface area (Å²) < 4.78 is 17.7. The number of nitrogens with one attached hydrogen (secondary N) is 1. The summed E-state index contributed by atoms with van der Waals surface area (Å²) in [6.07, 6.45) is 5.03. The zero-order valence-electron chi connectivity index (χ0n) is 16.7. The van der Waals surface area contributed by atoms with Crippen LogP contribution >= 0.6 is 0 Å². The van der Waals surface area contributed by atoms with Crippen molar-refractivity contribution in [3.05, 3.63) is 24.0 Å². The van der Waals surface area contributed by atoms with Gasteiger partial charge in [0.2, 0.25) is 0 Å². The lowest BCUT2D eigenvalue weighted by atomic mass is 9.80. The van der Waals surface area contributed by atoms with Crippen LogP contribution < -0.4 is 0 Å². The Morgan fingerprint density at radius 2 is 1.96 bits per heavy atom. The Kier molecular flexibility index (Phi) is 6.06. The Bertz CT molecular complexity index is 654. The summed E-state index contributed by atoms with van der Waals surface area (Å²) in [5.41, 5.74) is 0.611. The molecule has 1 N–H and O–H groups in total. The zero-order valence-corrected chi connectivity index (χ0v) is 16.7. The maximum absolute atomic E-state index is 12.8. The average Bonchev–Trinajstić information content (AvgIpc) is 3.20. The molecule has 0 unspecified atom stereocenters. The molecule has 6 nitrogen and oxygen atoms in total. The van der Waals surface area contributed by atoms with Gasteiger partial charge in [0.05, 0.1) is 31.4 Å². The van der Waals surface area contributed by atoms with E-state index in [0.717, 1.165) is 25.7 Å². The molecule has 0 aliphatic carbocycles. The molecule has 6 heteroatoms. The van der Waals surface area contributed by atoms with E-state index < -0.39 is 5.79 Å². The lowest BCUT2D eigenvalue weighted by Crippen LogP contribution is -2.54. The highest BCUT2D eigenvalue weighted by Crippen LogP contribution is 2.45. The molecule has 2 aliphatic rings. The van der Waals surface area contributed by atoms with E-state index in [1.165, 1.54) is 7.11 Å². The number of carbonyl (C=O) groups excluding carboxylic acids is 2. The van der Waals surface area contributed by atoms with Gasteiger partial charge < -0.3 is 19.2 Å². The van der Waals surface area contributed by atoms with Crippen molar-refractivity contribution >= 4 is 11.8 Å². The van der Waals surface area contributed by atoms with E-state index in [-0.39, 0.29) is 48.1 Å². The summed E-state index contributed by atoms with van der Waals surface area (Å²) in [6.45, 7) is 6.16. The summed E-state index contributed by atoms with van der Waals surface area (Å²) in [7, 11) is 1.40. The van der Waals surface area contributed by atoms with Gasteiger partial charge in [-0.3, -0.25) is 9.59 Å². The van der Waals surface area contributed by atoms with Gasteiger partial charge in [-0.25, -0.2) is 0 Å². The molecule has 6 atom stereocenters. The predicted molar refractivity (Wildman–Crippen MR) is 100 cm³/mol. The fourth-order valence-electron chi connectivity index (χ4n) is 4.35. The summed E-state index contributed by atoms with van der Waals surface area (Å²) in [5.74, 6) is -0.630. The number of H-pyrrole nitrogens is 1. The van der Waals surface area contributed by atoms with Crippen LogP contribution in [0.3, 0.4) is 0 Å². The standard InChI is InChI=1S/C21H31NO5/c1-13-7-9-21(26-17(13)12-18(23)25-4)10-8-14(2)20(27-21)15(3)19(24)16-6-5-11-22-16/h5-6,11,13-15,17,20,22H,7-10,12H2,1-4H3/t13-,14-,15-,17-,20+,21+/m0/s1. The fourth-order valence-corrected chi connectivity index (χ4v) is 4.35. The minimum Gasteiger partial charge on any atom is -0.469 e. The highest BCUT2D eigenvalue weighted by molar-refractivity contribution is 5.96. The van der Waals surface area contributed by atoms with Gasteiger partial charge in [0.25, 0.3) is 0 Å². The molecule has 2 aliphatic heterocycles. The molecular formula is C21H31NO5. The van der Waals surface area contributed by atoms with Crippen molar-refractivity contribution in [3.63, 3.8) is 0 Å². The summed E-state index contributed by atoms with van der Waals surface area (Å²) >= 11 is 0. The fraction of sp³-hybridized carbons (Fsp3) is 0.714. The molecule has 1 aromatic rings. The number of hydrogen-bond donors (Lipinski definition) is 1. The molecule has 0 bridgehead atoms. The number of Topliss-reactive ketones (excluding diaryl/α,β-unsaturated/α-hetero) is 1. The van der Waals surface area contributed by atoms with Gasteiger partial charge in [-0.1, -0.05) is 20.8 Å². The second-order valence-corrected chi connectivity index (χ2v) is 8.20. The number of methoxy groups -OCH3 is 1. The third kappa shape index (κ3) is 4.27. The van der Waals surface area contributed by atoms with Gasteiger partial charge in [0, 0.05) is 25.0 Å². The Balaban J connectivity index is 1.73. The number of aromatic amines is 1. The second kappa shape index (κ2) is 8.15. The molecule has 1 spiro atoms. The first-order valence-electron chi connectivity index (χ1n) is 9.95. The van der Waals surface area contributed by atoms with Gasteiger partial charge in [0.1, 0.15) is 0 Å². The molecule has 2 saturated heterocycles. The quantitative estimate of drug-likeness (QED) is 0.625. The van der Waals surface area contributed by atoms with Crippen LogP contribution in [0.15, 0.2) is 18.3 Å². The molecule has 0 saturated carbocycles. The maximum Gasteiger partial charge on any atom is 0.308 e. The highest BCUT2D eigenvalue weighted by atomic mass is 16.7. The van der Waals surface area contributed by atoms with E-state index in [1.54, 1.807) is 12.3 Å². The zero-order chi connectivity index (χ0) is 19.6. The highest BCUT2D eigenvalue weighted by Gasteiger charge is 2.48. The molecule has 3 heterocycles. The SMILES string of the molecule is COC(=O)C[C@@H]1O[C@]2(CC[C@H](C)[C@H]([C@@H](C)C(=O)c3ccc[nH]3)O2)CC[C@@H]1C. The minimum absolute atomic E-state index is 0.0594. The average molecular weight is 377 g/mol. The molecule has 0 amide bonds. The van der Waals surface area contributed by atoms with Gasteiger partial charge in [-0.2, -0.15) is 0 Å². The number of esters is 1. The van der Waals surface area contributed by atoms with E-state index >= 15 is 0 Å². The molecule has 0 radical (unpaired) electrons. The van der Waals surface area contributed by atoms with Crippen molar-refractivity contribution < 1.29 is 23.8 Å². The smallest absolute Gasteiger partial charge is 0.308 e. The maximum atomic E-state index is 12.8. The molecule has 2 fully saturated rings. The van der Waals surface area contributed by atoms with E-state index in [2.05, 4.69) is 18.8 Å². The number of carbonyl (C=O) groups is 2. The van der Waals surface area contributed by atoms with Crippen molar-refractivity contribution in [3.8, 4) is 0 Å². The number of rotatable bonds is 5. The molecular weight excluding hydrogens is 346 g/mol. The molecule has 27 heavy (non-hydrogen) atoms. The first-order valence-corrected chi connectivity index (χ1v) is 9.95. The molecule has 3 rings (SSSR count). The Hall–Kier alpha value is -1.66. The van der Waals surface area contributed by atoms with Crippen LogP contribution in [-0.2, 0) is 19.0 Å². The van der Waals surface area contributed by atoms with Crippen molar-refractivity contribution in [1.29, 1.82) is 0 Å². The molecule has 0 aromatic carbocycles. The number of ketones is 1. The minimum atomic E-state index is -0.702. The third-order valence-corrected chi connectivity index (χ3v) is 6.24. The lowest BCUT2D eigenvalue weighted by molar-refractivity contribution is -0.334. The Morgan fingerprint density at radius 1 is 1.26 bits per heavy atom. The van der Waals surface area contributed by atoms with Crippen molar-refractivity contribution in [1.82, 2.24) is 4.98 Å². The molecule has 1 aromatic heterocycles. The first kappa shape index (κ1) is 20.1. The number of ether oxygens (including phenoxy) is 3. The van der Waals surface area contributed by atoms with Crippen LogP contribution in [0.4, 0.5) is 0 Å². The molecule has 150 valence electrons. The van der Waals surface area contributed by atoms with Crippen LogP contribution in [0.5, 0.6) is 0 Å².